The third kappa shape index (κ3) is 1.42. The molecule has 2 rings (SSSR count). The molecule has 4 nitrogen and oxygen atoms in total. The lowest BCUT2D eigenvalue weighted by atomic mass is 10.3. The third-order valence-electron chi connectivity index (χ3n) is 2.09. The van der Waals surface area contributed by atoms with Crippen LogP contribution in [0.3, 0.4) is 0 Å². The van der Waals surface area contributed by atoms with Gasteiger partial charge in [-0.25, -0.2) is 8.42 Å². The quantitative estimate of drug-likeness (QED) is 0.763. The van der Waals surface area contributed by atoms with Crippen LogP contribution >= 0.6 is 15.9 Å². The highest BCUT2D eigenvalue weighted by atomic mass is 79.9. The summed E-state index contributed by atoms with van der Waals surface area (Å²) in [6.07, 6.45) is 0. The molecule has 1 aromatic rings. The second-order valence-electron chi connectivity index (χ2n) is 3.06. The van der Waals surface area contributed by atoms with E-state index in [0.29, 0.717) is 5.69 Å². The Labute approximate surface area is 85.0 Å². The van der Waals surface area contributed by atoms with Crippen molar-refractivity contribution in [2.45, 2.75) is 25.0 Å². The minimum absolute atomic E-state index is 0.0912. The molecule has 0 saturated carbocycles. The Morgan fingerprint density at radius 1 is 1.54 bits per heavy atom. The first-order chi connectivity index (χ1) is 6.03. The molecule has 0 aromatic carbocycles. The van der Waals surface area contributed by atoms with Crippen molar-refractivity contribution in [3.8, 4) is 0 Å². The lowest BCUT2D eigenvalue weighted by molar-refractivity contribution is 0.593. The number of fused-ring (bicyclic) bond motifs is 1. The Kier molecular flexibility index (Phi) is 1.99. The second kappa shape index (κ2) is 2.81. The highest BCUT2D eigenvalue weighted by Crippen LogP contribution is 2.30. The van der Waals surface area contributed by atoms with E-state index >= 15 is 0 Å². The van der Waals surface area contributed by atoms with Gasteiger partial charge < -0.3 is 0 Å². The van der Waals surface area contributed by atoms with E-state index in [9.17, 15) is 8.42 Å². The van der Waals surface area contributed by atoms with Crippen molar-refractivity contribution >= 4 is 25.8 Å². The van der Waals surface area contributed by atoms with E-state index in [1.54, 1.807) is 4.68 Å². The molecule has 0 bridgehead atoms. The Morgan fingerprint density at radius 3 is 2.77 bits per heavy atom. The molecule has 0 fully saturated rings. The molecule has 0 unspecified atom stereocenters. The van der Waals surface area contributed by atoms with Crippen LogP contribution in [0.15, 0.2) is 4.60 Å². The van der Waals surface area contributed by atoms with Crippen LogP contribution < -0.4 is 0 Å². The van der Waals surface area contributed by atoms with Crippen LogP contribution in [0.4, 0.5) is 0 Å². The van der Waals surface area contributed by atoms with E-state index in [1.807, 2.05) is 6.92 Å². The van der Waals surface area contributed by atoms with Gasteiger partial charge in [-0.1, -0.05) is 0 Å². The van der Waals surface area contributed by atoms with Crippen molar-refractivity contribution in [3.05, 3.63) is 15.9 Å². The third-order valence-corrected chi connectivity index (χ3v) is 4.42. The van der Waals surface area contributed by atoms with Crippen molar-refractivity contribution in [2.24, 2.45) is 0 Å². The van der Waals surface area contributed by atoms with Gasteiger partial charge in [0.25, 0.3) is 0 Å². The Bertz CT molecular complexity index is 449. The standard InChI is InChI=1S/C7H9BrN2O2S/c1-2-10-7(8)5-3-13(11,12)4-6(5)9-10/h2-4H2,1H3. The van der Waals surface area contributed by atoms with Crippen LogP contribution in [-0.2, 0) is 27.9 Å². The zero-order valence-electron chi connectivity index (χ0n) is 7.12. The largest absolute Gasteiger partial charge is 0.258 e. The highest BCUT2D eigenvalue weighted by Gasteiger charge is 2.30. The fourth-order valence-corrected chi connectivity index (χ4v) is 3.85. The predicted molar refractivity (Wildman–Crippen MR) is 51.9 cm³/mol. The Hall–Kier alpha value is -0.360. The topological polar surface area (TPSA) is 52.0 Å². The first-order valence-electron chi connectivity index (χ1n) is 3.98. The number of hydrogen-bond acceptors (Lipinski definition) is 3. The molecule has 6 heteroatoms. The zero-order valence-corrected chi connectivity index (χ0v) is 9.52. The fourth-order valence-electron chi connectivity index (χ4n) is 1.47. The molecule has 0 atom stereocenters. The van der Waals surface area contributed by atoms with Gasteiger partial charge in [-0.05, 0) is 22.9 Å². The van der Waals surface area contributed by atoms with Crippen molar-refractivity contribution < 1.29 is 8.42 Å². The molecule has 1 aliphatic heterocycles. The molecule has 0 aliphatic carbocycles. The van der Waals surface area contributed by atoms with E-state index in [2.05, 4.69) is 21.0 Å². The molecule has 72 valence electrons. The van der Waals surface area contributed by atoms with Crippen LogP contribution in [0.25, 0.3) is 0 Å². The van der Waals surface area contributed by atoms with E-state index in [1.165, 1.54) is 0 Å². The van der Waals surface area contributed by atoms with Crippen LogP contribution in [0.2, 0.25) is 0 Å². The van der Waals surface area contributed by atoms with E-state index < -0.39 is 9.84 Å². The summed E-state index contributed by atoms with van der Waals surface area (Å²) in [7, 11) is -2.92. The van der Waals surface area contributed by atoms with Gasteiger partial charge in [-0.15, -0.1) is 0 Å². The monoisotopic (exact) mass is 264 g/mol. The van der Waals surface area contributed by atoms with E-state index in [0.717, 1.165) is 16.7 Å². The molecule has 0 N–H and O–H groups in total. The Balaban J connectivity index is 2.53. The first kappa shape index (κ1) is 9.21. The molecule has 0 saturated heterocycles. The summed E-state index contributed by atoms with van der Waals surface area (Å²) in [4.78, 5) is 0. The van der Waals surface area contributed by atoms with Gasteiger partial charge in [0.15, 0.2) is 9.84 Å². The number of nitrogens with zero attached hydrogens (tertiary/aromatic N) is 2. The molecule has 0 radical (unpaired) electrons. The second-order valence-corrected chi connectivity index (χ2v) is 5.88. The zero-order chi connectivity index (χ0) is 9.64. The maximum atomic E-state index is 11.2. The van der Waals surface area contributed by atoms with Crippen molar-refractivity contribution in [3.63, 3.8) is 0 Å². The lowest BCUT2D eigenvalue weighted by Gasteiger charge is -1.98. The molecular formula is C7H9BrN2O2S. The van der Waals surface area contributed by atoms with Crippen molar-refractivity contribution in [2.75, 3.05) is 0 Å². The lowest BCUT2D eigenvalue weighted by Crippen LogP contribution is -2.03. The average Bonchev–Trinajstić information content (AvgIpc) is 2.47. The van der Waals surface area contributed by atoms with E-state index in [-0.39, 0.29) is 11.5 Å². The molecule has 1 aliphatic rings. The van der Waals surface area contributed by atoms with Gasteiger partial charge in [0.2, 0.25) is 0 Å². The number of halogens is 1. The molecule has 13 heavy (non-hydrogen) atoms. The normalized spacial score (nSPS) is 18.9. The summed E-state index contributed by atoms with van der Waals surface area (Å²) >= 11 is 3.35. The van der Waals surface area contributed by atoms with Crippen LogP contribution in [0, 0.1) is 0 Å². The van der Waals surface area contributed by atoms with Crippen LogP contribution in [-0.4, -0.2) is 18.2 Å². The summed E-state index contributed by atoms with van der Waals surface area (Å²) in [6.45, 7) is 2.73. The van der Waals surface area contributed by atoms with Crippen molar-refractivity contribution in [1.82, 2.24) is 9.78 Å². The number of aromatic nitrogens is 2. The predicted octanol–water partition coefficient (Wildman–Crippen LogP) is 1.09. The summed E-state index contributed by atoms with van der Waals surface area (Å²) in [5.41, 5.74) is 1.54. The smallest absolute Gasteiger partial charge is 0.160 e. The SMILES string of the molecule is CCn1nc2c(c1Br)CS(=O)(=O)C2. The number of rotatable bonds is 1. The van der Waals surface area contributed by atoms with Crippen LogP contribution in [0.5, 0.6) is 0 Å². The summed E-state index contributed by atoms with van der Waals surface area (Å²) in [5, 5.41) is 4.20. The Morgan fingerprint density at radius 2 is 2.23 bits per heavy atom. The molecule has 1 aromatic heterocycles. The summed E-state index contributed by atoms with van der Waals surface area (Å²) in [5.74, 6) is 0.219. The fraction of sp³-hybridized carbons (Fsp3) is 0.571. The molecular weight excluding hydrogens is 256 g/mol. The summed E-state index contributed by atoms with van der Waals surface area (Å²) < 4.78 is 25.0. The van der Waals surface area contributed by atoms with E-state index in [4.69, 9.17) is 0 Å². The van der Waals surface area contributed by atoms with Crippen molar-refractivity contribution in [1.29, 1.82) is 0 Å². The number of sulfone groups is 1. The number of hydrogen-bond donors (Lipinski definition) is 0. The van der Waals surface area contributed by atoms with Gasteiger partial charge in [0.05, 0.1) is 17.2 Å². The molecule has 0 amide bonds. The van der Waals surface area contributed by atoms with Crippen LogP contribution in [0.1, 0.15) is 18.2 Å². The minimum Gasteiger partial charge on any atom is -0.258 e. The highest BCUT2D eigenvalue weighted by molar-refractivity contribution is 9.10. The molecule has 2 heterocycles. The van der Waals surface area contributed by atoms with Gasteiger partial charge >= 0.3 is 0 Å². The maximum absolute atomic E-state index is 11.2. The first-order valence-corrected chi connectivity index (χ1v) is 6.59. The maximum Gasteiger partial charge on any atom is 0.160 e. The van der Waals surface area contributed by atoms with Gasteiger partial charge in [0.1, 0.15) is 4.60 Å². The summed E-state index contributed by atoms with van der Waals surface area (Å²) in [6, 6.07) is 0. The van der Waals surface area contributed by atoms with Gasteiger partial charge in [-0.2, -0.15) is 5.10 Å². The van der Waals surface area contributed by atoms with Gasteiger partial charge in [-0.3, -0.25) is 4.68 Å². The number of aryl methyl sites for hydroxylation is 1. The van der Waals surface area contributed by atoms with Gasteiger partial charge in [0, 0.05) is 12.1 Å². The average molecular weight is 265 g/mol. The minimum atomic E-state index is -2.92. The molecule has 0 spiro atoms.